The van der Waals surface area contributed by atoms with Gasteiger partial charge in [-0.2, -0.15) is 0 Å². The molecule has 0 spiro atoms. The van der Waals surface area contributed by atoms with Gasteiger partial charge >= 0.3 is 5.69 Å². The van der Waals surface area contributed by atoms with Crippen molar-refractivity contribution < 1.29 is 0 Å². The van der Waals surface area contributed by atoms with E-state index in [0.29, 0.717) is 16.9 Å². The number of hydrogen-bond donors (Lipinski definition) is 3. The van der Waals surface area contributed by atoms with Crippen molar-refractivity contribution in [2.24, 2.45) is 5.73 Å². The Labute approximate surface area is 135 Å². The molecule has 0 radical (unpaired) electrons. The summed E-state index contributed by atoms with van der Waals surface area (Å²) < 4.78 is 1.64. The highest BCUT2D eigenvalue weighted by molar-refractivity contribution is 5.86. The summed E-state index contributed by atoms with van der Waals surface area (Å²) in [4.78, 5) is 19.5. The molecule has 23 heavy (non-hydrogen) atoms. The van der Waals surface area contributed by atoms with E-state index in [1.54, 1.807) is 22.9 Å². The van der Waals surface area contributed by atoms with Crippen LogP contribution in [0, 0.1) is 0 Å². The van der Waals surface area contributed by atoms with Crippen LogP contribution >= 0.6 is 0 Å². The fourth-order valence-electron chi connectivity index (χ4n) is 2.33. The number of hydrogen-bond acceptors (Lipinski definition) is 4. The highest BCUT2D eigenvalue weighted by Gasteiger charge is 2.21. The highest BCUT2D eigenvalue weighted by Crippen LogP contribution is 2.25. The van der Waals surface area contributed by atoms with Crippen LogP contribution in [0.5, 0.6) is 0 Å². The summed E-state index contributed by atoms with van der Waals surface area (Å²) in [6.07, 6.45) is 3.36. The molecule has 0 aromatic carbocycles. The lowest BCUT2D eigenvalue weighted by Gasteiger charge is -2.20. The Morgan fingerprint density at radius 1 is 1.43 bits per heavy atom. The predicted octanol–water partition coefficient (Wildman–Crippen LogP) is 2.82. The minimum Gasteiger partial charge on any atom is -0.399 e. The van der Waals surface area contributed by atoms with Gasteiger partial charge in [0.15, 0.2) is 5.65 Å². The van der Waals surface area contributed by atoms with Crippen LogP contribution in [0.4, 0.5) is 5.69 Å². The molecule has 0 fully saturated rings. The van der Waals surface area contributed by atoms with Gasteiger partial charge in [-0.05, 0) is 45.4 Å². The summed E-state index contributed by atoms with van der Waals surface area (Å²) in [6.45, 7) is 15.3. The number of nitrogens with one attached hydrogen (secondary N) is 2. The Morgan fingerprint density at radius 2 is 2.09 bits per heavy atom. The maximum Gasteiger partial charge on any atom is 0.328 e. The largest absolute Gasteiger partial charge is 0.399 e. The van der Waals surface area contributed by atoms with Crippen molar-refractivity contribution in [2.45, 2.75) is 33.2 Å². The Morgan fingerprint density at radius 3 is 2.61 bits per heavy atom. The molecule has 0 aliphatic rings. The van der Waals surface area contributed by atoms with Crippen LogP contribution in [0.2, 0.25) is 0 Å². The quantitative estimate of drug-likeness (QED) is 0.757. The van der Waals surface area contributed by atoms with Crippen molar-refractivity contribution in [3.05, 3.63) is 58.9 Å². The van der Waals surface area contributed by atoms with Gasteiger partial charge in [0.1, 0.15) is 5.52 Å². The van der Waals surface area contributed by atoms with Gasteiger partial charge in [-0.1, -0.05) is 13.2 Å². The first-order chi connectivity index (χ1) is 10.6. The molecule has 2 aromatic rings. The number of imidazole rings is 1. The van der Waals surface area contributed by atoms with Gasteiger partial charge < -0.3 is 16.0 Å². The maximum absolute atomic E-state index is 12.3. The lowest BCUT2D eigenvalue weighted by Crippen LogP contribution is -2.32. The van der Waals surface area contributed by atoms with Gasteiger partial charge in [0.2, 0.25) is 0 Å². The first-order valence-corrected chi connectivity index (χ1v) is 7.30. The highest BCUT2D eigenvalue weighted by atomic mass is 16.1. The minimum absolute atomic E-state index is 0.196. The van der Waals surface area contributed by atoms with Crippen molar-refractivity contribution in [2.75, 3.05) is 5.32 Å². The van der Waals surface area contributed by atoms with E-state index in [2.05, 4.69) is 28.4 Å². The number of pyridine rings is 1. The molecule has 2 rings (SSSR count). The Kier molecular flexibility index (Phi) is 4.18. The summed E-state index contributed by atoms with van der Waals surface area (Å²) in [5.41, 5.74) is 9.00. The van der Waals surface area contributed by atoms with Crippen molar-refractivity contribution >= 4 is 16.9 Å². The first kappa shape index (κ1) is 16.6. The molecule has 122 valence electrons. The zero-order valence-corrected chi connectivity index (χ0v) is 14.0. The van der Waals surface area contributed by atoms with Crippen LogP contribution in [0.1, 0.15) is 27.7 Å². The molecular weight excluding hydrogens is 290 g/mol. The Hall–Kier alpha value is -2.76. The second kappa shape index (κ2) is 5.79. The molecule has 6 nitrogen and oxygen atoms in total. The van der Waals surface area contributed by atoms with E-state index in [1.165, 1.54) is 0 Å². The zero-order chi connectivity index (χ0) is 17.4. The van der Waals surface area contributed by atoms with Gasteiger partial charge in [-0.15, -0.1) is 0 Å². The van der Waals surface area contributed by atoms with Crippen LogP contribution < -0.4 is 16.7 Å². The Balaban J connectivity index is 2.62. The second-order valence-electron chi connectivity index (χ2n) is 6.53. The van der Waals surface area contributed by atoms with Crippen LogP contribution in [-0.4, -0.2) is 14.5 Å². The minimum atomic E-state index is -0.375. The summed E-state index contributed by atoms with van der Waals surface area (Å²) in [7, 11) is 0. The number of nitrogens with zero attached hydrogens (tertiary/aromatic N) is 2. The number of aromatic amines is 1. The topological polar surface area (TPSA) is 88.7 Å². The number of anilines is 1. The molecule has 0 saturated carbocycles. The lowest BCUT2D eigenvalue weighted by molar-refractivity contribution is 0.395. The molecule has 6 heteroatoms. The van der Waals surface area contributed by atoms with Gasteiger partial charge in [-0.3, -0.25) is 4.57 Å². The van der Waals surface area contributed by atoms with Crippen molar-refractivity contribution in [1.29, 1.82) is 0 Å². The SMILES string of the molecule is C=C(N)/C=C(/Nc1ccnc2c1[nH]c(=O)n2C(C)(C)C)C(=C)C. The third-order valence-corrected chi connectivity index (χ3v) is 3.31. The van der Waals surface area contributed by atoms with Gasteiger partial charge in [0.05, 0.1) is 5.69 Å². The Bertz CT molecular complexity index is 861. The zero-order valence-electron chi connectivity index (χ0n) is 14.0. The standard InChI is InChI=1S/C17H23N5O/c1-10(2)13(9-11(3)18)20-12-7-8-19-15-14(12)21-16(23)22(15)17(4,5)6/h7-9H,1,3,18H2,2,4-6H3,(H,19,20)(H,21,23)/b13-9+. The molecule has 0 bridgehead atoms. The van der Waals surface area contributed by atoms with Gasteiger partial charge in [-0.25, -0.2) is 9.78 Å². The maximum atomic E-state index is 12.3. The van der Waals surface area contributed by atoms with E-state index < -0.39 is 0 Å². The molecule has 0 aliphatic heterocycles. The number of aromatic nitrogens is 3. The molecule has 0 aliphatic carbocycles. The van der Waals surface area contributed by atoms with Gasteiger partial charge in [0.25, 0.3) is 0 Å². The number of rotatable bonds is 4. The van der Waals surface area contributed by atoms with Crippen molar-refractivity contribution in [1.82, 2.24) is 14.5 Å². The van der Waals surface area contributed by atoms with E-state index >= 15 is 0 Å². The summed E-state index contributed by atoms with van der Waals surface area (Å²) >= 11 is 0. The summed E-state index contributed by atoms with van der Waals surface area (Å²) in [5, 5.41) is 3.24. The monoisotopic (exact) mass is 313 g/mol. The third kappa shape index (κ3) is 3.36. The van der Waals surface area contributed by atoms with E-state index in [1.807, 2.05) is 27.7 Å². The molecule has 0 amide bonds. The summed E-state index contributed by atoms with van der Waals surface area (Å²) in [5.74, 6) is 0. The van der Waals surface area contributed by atoms with E-state index in [9.17, 15) is 4.79 Å². The molecule has 0 saturated heterocycles. The first-order valence-electron chi connectivity index (χ1n) is 7.30. The van der Waals surface area contributed by atoms with Crippen LogP contribution in [0.3, 0.4) is 0 Å². The number of H-pyrrole nitrogens is 1. The lowest BCUT2D eigenvalue weighted by atomic mass is 10.1. The average Bonchev–Trinajstić information content (AvgIpc) is 2.74. The molecule has 2 aromatic heterocycles. The average molecular weight is 313 g/mol. The predicted molar refractivity (Wildman–Crippen MR) is 95.2 cm³/mol. The fraction of sp³-hybridized carbons (Fsp3) is 0.294. The summed E-state index contributed by atoms with van der Waals surface area (Å²) in [6, 6.07) is 1.79. The fourth-order valence-corrected chi connectivity index (χ4v) is 2.33. The van der Waals surface area contributed by atoms with E-state index in [-0.39, 0.29) is 11.2 Å². The molecular formula is C17H23N5O. The van der Waals surface area contributed by atoms with Crippen molar-refractivity contribution in [3.8, 4) is 0 Å². The van der Waals surface area contributed by atoms with Crippen LogP contribution in [0.15, 0.2) is 53.3 Å². The third-order valence-electron chi connectivity index (χ3n) is 3.31. The van der Waals surface area contributed by atoms with Crippen LogP contribution in [-0.2, 0) is 5.54 Å². The smallest absolute Gasteiger partial charge is 0.328 e. The molecule has 0 atom stereocenters. The number of fused-ring (bicyclic) bond motifs is 1. The number of allylic oxidation sites excluding steroid dienone is 2. The molecule has 0 unspecified atom stereocenters. The van der Waals surface area contributed by atoms with Crippen LogP contribution in [0.25, 0.3) is 11.2 Å². The van der Waals surface area contributed by atoms with E-state index in [4.69, 9.17) is 5.73 Å². The van der Waals surface area contributed by atoms with E-state index in [0.717, 1.165) is 17.0 Å². The normalized spacial score (nSPS) is 12.4. The number of nitrogens with two attached hydrogens (primary N) is 1. The second-order valence-corrected chi connectivity index (χ2v) is 6.53. The molecule has 4 N–H and O–H groups in total. The molecule has 2 heterocycles. The van der Waals surface area contributed by atoms with Gasteiger partial charge in [0, 0.05) is 23.1 Å². The van der Waals surface area contributed by atoms with Crippen molar-refractivity contribution in [3.63, 3.8) is 0 Å².